The molecule has 3 aromatic rings. The summed E-state index contributed by atoms with van der Waals surface area (Å²) in [6.07, 6.45) is 1.00. The second kappa shape index (κ2) is 10.9. The number of benzene rings is 1. The van der Waals surface area contributed by atoms with Crippen LogP contribution in [0.1, 0.15) is 56.4 Å². The SMILES string of the molecule is Cc1cncc2c(-c3ccc(F)cc3C(=O)N(CC(F)F)C(C)C)cc(CC3CN(C(=O)OC(C)(C)C)C3)n12. The number of halogens is 3. The number of carbonyl (C=O) groups excluding carboxylic acids is 2. The molecule has 1 aliphatic rings. The highest BCUT2D eigenvalue weighted by molar-refractivity contribution is 6.03. The molecule has 2 amide bonds. The molecule has 1 aromatic carbocycles. The molecule has 0 N–H and O–H groups in total. The predicted molar refractivity (Wildman–Crippen MR) is 143 cm³/mol. The minimum absolute atomic E-state index is 0.0182. The molecule has 0 saturated carbocycles. The molecular weight excluding hydrogens is 509 g/mol. The van der Waals surface area contributed by atoms with Crippen LogP contribution < -0.4 is 0 Å². The van der Waals surface area contributed by atoms with E-state index in [-0.39, 0.29) is 17.6 Å². The molecular formula is C29H35F3N4O3. The maximum atomic E-state index is 14.4. The second-order valence-corrected chi connectivity index (χ2v) is 11.4. The molecule has 39 heavy (non-hydrogen) atoms. The zero-order chi connectivity index (χ0) is 28.6. The summed E-state index contributed by atoms with van der Waals surface area (Å²) in [7, 11) is 0. The standard InChI is InChI=1S/C29H35F3N4O3/c1-17(2)35(16-26(31)32)27(37)24-10-20(30)7-8-22(24)23-11-21(36-18(3)12-33-13-25(23)36)9-19-14-34(15-19)28(38)39-29(4,5)6/h7-8,10-13,17,19,26H,9,14-16H2,1-6H3. The van der Waals surface area contributed by atoms with Crippen LogP contribution >= 0.6 is 0 Å². The molecule has 0 radical (unpaired) electrons. The number of likely N-dealkylation sites (tertiary alicyclic amines) is 1. The molecule has 0 unspecified atom stereocenters. The lowest BCUT2D eigenvalue weighted by Gasteiger charge is -2.39. The molecule has 7 nitrogen and oxygen atoms in total. The van der Waals surface area contributed by atoms with Crippen LogP contribution in [0, 0.1) is 18.7 Å². The fourth-order valence-corrected chi connectivity index (χ4v) is 4.99. The third-order valence-electron chi connectivity index (χ3n) is 6.75. The summed E-state index contributed by atoms with van der Waals surface area (Å²) in [4.78, 5) is 32.9. The van der Waals surface area contributed by atoms with Crippen LogP contribution in [0.25, 0.3) is 16.6 Å². The number of hydrogen-bond acceptors (Lipinski definition) is 4. The maximum absolute atomic E-state index is 14.4. The third-order valence-corrected chi connectivity index (χ3v) is 6.75. The van der Waals surface area contributed by atoms with Crippen molar-refractivity contribution in [1.29, 1.82) is 0 Å². The summed E-state index contributed by atoms with van der Waals surface area (Å²) in [6, 6.07) is 5.32. The van der Waals surface area contributed by atoms with Crippen LogP contribution in [0.4, 0.5) is 18.0 Å². The van der Waals surface area contributed by atoms with Gasteiger partial charge < -0.3 is 18.9 Å². The normalized spacial score (nSPS) is 14.3. The summed E-state index contributed by atoms with van der Waals surface area (Å²) < 4.78 is 48.5. The monoisotopic (exact) mass is 544 g/mol. The highest BCUT2D eigenvalue weighted by Crippen LogP contribution is 2.34. The fraction of sp³-hybridized carbons (Fsp3) is 0.483. The van der Waals surface area contributed by atoms with E-state index in [4.69, 9.17) is 4.74 Å². The number of hydrogen-bond donors (Lipinski definition) is 0. The summed E-state index contributed by atoms with van der Waals surface area (Å²) in [5.41, 5.74) is 3.10. The van der Waals surface area contributed by atoms with Gasteiger partial charge in [-0.05, 0) is 77.6 Å². The topological polar surface area (TPSA) is 67.2 Å². The van der Waals surface area contributed by atoms with E-state index in [9.17, 15) is 22.8 Å². The van der Waals surface area contributed by atoms with Crippen molar-refractivity contribution >= 4 is 17.5 Å². The molecule has 210 valence electrons. The highest BCUT2D eigenvalue weighted by Gasteiger charge is 2.34. The zero-order valence-corrected chi connectivity index (χ0v) is 23.2. The Bertz CT molecular complexity index is 1370. The van der Waals surface area contributed by atoms with Crippen LogP contribution in [0.15, 0.2) is 36.7 Å². The van der Waals surface area contributed by atoms with Crippen molar-refractivity contribution < 1.29 is 27.5 Å². The lowest BCUT2D eigenvalue weighted by atomic mass is 9.94. The first-order chi connectivity index (χ1) is 18.2. The van der Waals surface area contributed by atoms with Gasteiger partial charge in [-0.1, -0.05) is 6.07 Å². The van der Waals surface area contributed by atoms with Gasteiger partial charge in [-0.3, -0.25) is 9.78 Å². The number of aromatic nitrogens is 2. The van der Waals surface area contributed by atoms with Gasteiger partial charge in [0.2, 0.25) is 0 Å². The fourth-order valence-electron chi connectivity index (χ4n) is 4.99. The number of rotatable bonds is 7. The van der Waals surface area contributed by atoms with Crippen LogP contribution in [0.2, 0.25) is 0 Å². The summed E-state index contributed by atoms with van der Waals surface area (Å²) in [5.74, 6) is -1.08. The number of carbonyl (C=O) groups is 2. The molecule has 4 rings (SSSR count). The van der Waals surface area contributed by atoms with Crippen LogP contribution in [0.3, 0.4) is 0 Å². The van der Waals surface area contributed by atoms with E-state index in [0.29, 0.717) is 30.6 Å². The Hall–Kier alpha value is -3.56. The molecule has 1 aliphatic heterocycles. The van der Waals surface area contributed by atoms with E-state index >= 15 is 0 Å². The Morgan fingerprint density at radius 1 is 1.13 bits per heavy atom. The summed E-state index contributed by atoms with van der Waals surface area (Å²) >= 11 is 0. The van der Waals surface area contributed by atoms with E-state index in [1.54, 1.807) is 31.1 Å². The van der Waals surface area contributed by atoms with Crippen molar-refractivity contribution in [3.63, 3.8) is 0 Å². The van der Waals surface area contributed by atoms with Gasteiger partial charge in [0.15, 0.2) is 0 Å². The number of amides is 2. The van der Waals surface area contributed by atoms with Gasteiger partial charge in [0.25, 0.3) is 12.3 Å². The Morgan fingerprint density at radius 2 is 1.82 bits per heavy atom. The number of fused-ring (bicyclic) bond motifs is 1. The van der Waals surface area contributed by atoms with Gasteiger partial charge in [0.1, 0.15) is 11.4 Å². The lowest BCUT2D eigenvalue weighted by Crippen LogP contribution is -2.52. The van der Waals surface area contributed by atoms with Crippen molar-refractivity contribution in [3.05, 3.63) is 59.4 Å². The number of alkyl halides is 2. The van der Waals surface area contributed by atoms with E-state index in [1.807, 2.05) is 38.2 Å². The van der Waals surface area contributed by atoms with Crippen LogP contribution in [0.5, 0.6) is 0 Å². The molecule has 3 heterocycles. The zero-order valence-electron chi connectivity index (χ0n) is 23.2. The Morgan fingerprint density at radius 3 is 2.44 bits per heavy atom. The van der Waals surface area contributed by atoms with E-state index < -0.39 is 36.3 Å². The Kier molecular flexibility index (Phi) is 7.95. The molecule has 0 spiro atoms. The molecule has 10 heteroatoms. The number of aryl methyl sites for hydroxylation is 1. The van der Waals surface area contributed by atoms with E-state index in [0.717, 1.165) is 27.9 Å². The summed E-state index contributed by atoms with van der Waals surface area (Å²) in [5, 5.41) is 0. The average molecular weight is 545 g/mol. The quantitative estimate of drug-likeness (QED) is 0.367. The highest BCUT2D eigenvalue weighted by atomic mass is 19.3. The molecule has 0 aliphatic carbocycles. The molecule has 0 atom stereocenters. The Labute approximate surface area is 226 Å². The van der Waals surface area contributed by atoms with E-state index in [2.05, 4.69) is 4.98 Å². The maximum Gasteiger partial charge on any atom is 0.410 e. The third kappa shape index (κ3) is 6.20. The minimum atomic E-state index is -2.72. The number of nitrogens with zero attached hydrogens (tertiary/aromatic N) is 4. The molecule has 1 saturated heterocycles. The first-order valence-electron chi connectivity index (χ1n) is 13.1. The van der Waals surface area contributed by atoms with Crippen molar-refractivity contribution in [3.8, 4) is 11.1 Å². The Balaban J connectivity index is 1.69. The first-order valence-corrected chi connectivity index (χ1v) is 13.1. The molecule has 1 fully saturated rings. The summed E-state index contributed by atoms with van der Waals surface area (Å²) in [6.45, 7) is 11.1. The average Bonchev–Trinajstić information content (AvgIpc) is 3.17. The van der Waals surface area contributed by atoms with Crippen molar-refractivity contribution in [2.24, 2.45) is 5.92 Å². The largest absolute Gasteiger partial charge is 0.444 e. The smallest absolute Gasteiger partial charge is 0.410 e. The van der Waals surface area contributed by atoms with Gasteiger partial charge in [0.05, 0.1) is 23.8 Å². The van der Waals surface area contributed by atoms with Gasteiger partial charge in [0, 0.05) is 42.3 Å². The second-order valence-electron chi connectivity index (χ2n) is 11.4. The molecule has 2 aromatic heterocycles. The minimum Gasteiger partial charge on any atom is -0.444 e. The predicted octanol–water partition coefficient (Wildman–Crippen LogP) is 5.97. The van der Waals surface area contributed by atoms with E-state index in [1.165, 1.54) is 12.1 Å². The van der Waals surface area contributed by atoms with Gasteiger partial charge in [-0.2, -0.15) is 0 Å². The van der Waals surface area contributed by atoms with Gasteiger partial charge in [-0.15, -0.1) is 0 Å². The first kappa shape index (κ1) is 28.4. The van der Waals surface area contributed by atoms with Crippen molar-refractivity contribution in [2.45, 2.75) is 66.0 Å². The van der Waals surface area contributed by atoms with Gasteiger partial charge >= 0.3 is 6.09 Å². The molecule has 0 bridgehead atoms. The van der Waals surface area contributed by atoms with Crippen molar-refractivity contribution in [2.75, 3.05) is 19.6 Å². The van der Waals surface area contributed by atoms with Crippen LogP contribution in [-0.2, 0) is 11.2 Å². The van der Waals surface area contributed by atoms with Gasteiger partial charge in [-0.25, -0.2) is 18.0 Å². The number of ether oxygens (including phenoxy) is 1. The van der Waals surface area contributed by atoms with Crippen molar-refractivity contribution in [1.82, 2.24) is 19.2 Å². The lowest BCUT2D eigenvalue weighted by molar-refractivity contribution is -0.00104. The van der Waals surface area contributed by atoms with Crippen LogP contribution in [-0.4, -0.2) is 68.9 Å².